The van der Waals surface area contributed by atoms with E-state index < -0.39 is 0 Å². The monoisotopic (exact) mass is 125 g/mol. The van der Waals surface area contributed by atoms with Crippen LogP contribution in [0.3, 0.4) is 0 Å². The molecular formula is C7H11NO. The van der Waals surface area contributed by atoms with E-state index in [1.165, 1.54) is 6.42 Å². The molecule has 0 aliphatic carbocycles. The van der Waals surface area contributed by atoms with Gasteiger partial charge in [-0.05, 0) is 18.8 Å². The first-order valence-corrected chi connectivity index (χ1v) is 3.38. The van der Waals surface area contributed by atoms with Crippen molar-refractivity contribution in [3.63, 3.8) is 0 Å². The number of hydrogen-bond acceptors (Lipinski definition) is 2. The Hall–Kier alpha value is -0.550. The van der Waals surface area contributed by atoms with Gasteiger partial charge >= 0.3 is 0 Å². The number of ether oxygens (including phenoxy) is 1. The third-order valence-corrected chi connectivity index (χ3v) is 1.63. The lowest BCUT2D eigenvalue weighted by Gasteiger charge is -2.18. The SMILES string of the molecule is N#CCC1CCCOC1. The summed E-state index contributed by atoms with van der Waals surface area (Å²) in [5.41, 5.74) is 0. The van der Waals surface area contributed by atoms with Gasteiger partial charge in [-0.2, -0.15) is 5.26 Å². The van der Waals surface area contributed by atoms with Gasteiger partial charge < -0.3 is 4.74 Å². The van der Waals surface area contributed by atoms with Crippen molar-refractivity contribution in [1.29, 1.82) is 5.26 Å². The summed E-state index contributed by atoms with van der Waals surface area (Å²) in [6.45, 7) is 1.69. The highest BCUT2D eigenvalue weighted by Gasteiger charge is 2.12. The smallest absolute Gasteiger partial charge is 0.0625 e. The summed E-state index contributed by atoms with van der Waals surface area (Å²) in [7, 11) is 0. The van der Waals surface area contributed by atoms with Gasteiger partial charge in [0, 0.05) is 13.0 Å². The Labute approximate surface area is 55.4 Å². The molecule has 50 valence electrons. The first-order valence-electron chi connectivity index (χ1n) is 3.38. The van der Waals surface area contributed by atoms with E-state index in [9.17, 15) is 0 Å². The van der Waals surface area contributed by atoms with E-state index in [2.05, 4.69) is 6.07 Å². The highest BCUT2D eigenvalue weighted by molar-refractivity contribution is 4.76. The van der Waals surface area contributed by atoms with Crippen molar-refractivity contribution < 1.29 is 4.74 Å². The Morgan fingerprint density at radius 1 is 1.67 bits per heavy atom. The molecule has 2 heteroatoms. The van der Waals surface area contributed by atoms with Crippen molar-refractivity contribution in [2.45, 2.75) is 19.3 Å². The molecule has 0 aromatic carbocycles. The van der Waals surface area contributed by atoms with Gasteiger partial charge in [0.2, 0.25) is 0 Å². The average molecular weight is 125 g/mol. The highest BCUT2D eigenvalue weighted by atomic mass is 16.5. The third kappa shape index (κ3) is 2.03. The molecule has 1 heterocycles. The second kappa shape index (κ2) is 3.47. The van der Waals surface area contributed by atoms with Gasteiger partial charge in [0.1, 0.15) is 0 Å². The minimum atomic E-state index is 0.517. The largest absolute Gasteiger partial charge is 0.381 e. The van der Waals surface area contributed by atoms with Crippen molar-refractivity contribution in [2.24, 2.45) is 5.92 Å². The van der Waals surface area contributed by atoms with Gasteiger partial charge in [-0.25, -0.2) is 0 Å². The zero-order chi connectivity index (χ0) is 6.53. The van der Waals surface area contributed by atoms with E-state index in [0.717, 1.165) is 19.6 Å². The van der Waals surface area contributed by atoms with Crippen LogP contribution < -0.4 is 0 Å². The summed E-state index contributed by atoms with van der Waals surface area (Å²) in [5, 5.41) is 8.31. The van der Waals surface area contributed by atoms with Crippen LogP contribution in [0, 0.1) is 17.2 Å². The predicted molar refractivity (Wildman–Crippen MR) is 33.8 cm³/mol. The van der Waals surface area contributed by atoms with Crippen molar-refractivity contribution >= 4 is 0 Å². The lowest BCUT2D eigenvalue weighted by molar-refractivity contribution is 0.0566. The minimum absolute atomic E-state index is 0.517. The van der Waals surface area contributed by atoms with Crippen LogP contribution in [0.4, 0.5) is 0 Å². The Morgan fingerprint density at radius 2 is 2.56 bits per heavy atom. The zero-order valence-corrected chi connectivity index (χ0v) is 5.47. The lowest BCUT2D eigenvalue weighted by atomic mass is 10.00. The van der Waals surface area contributed by atoms with Gasteiger partial charge in [-0.15, -0.1) is 0 Å². The predicted octanol–water partition coefficient (Wildman–Crippen LogP) is 1.33. The molecule has 0 saturated carbocycles. The fraction of sp³-hybridized carbons (Fsp3) is 0.857. The summed E-state index contributed by atoms with van der Waals surface area (Å²) in [5.74, 6) is 0.517. The van der Waals surface area contributed by atoms with Crippen LogP contribution in [0.15, 0.2) is 0 Å². The molecule has 0 N–H and O–H groups in total. The van der Waals surface area contributed by atoms with Crippen molar-refractivity contribution in [3.05, 3.63) is 0 Å². The maximum atomic E-state index is 8.31. The van der Waals surface area contributed by atoms with Crippen LogP contribution in [0.2, 0.25) is 0 Å². The van der Waals surface area contributed by atoms with Crippen LogP contribution in [-0.4, -0.2) is 13.2 Å². The molecule has 0 aromatic rings. The second-order valence-electron chi connectivity index (χ2n) is 2.45. The molecule has 9 heavy (non-hydrogen) atoms. The summed E-state index contributed by atoms with van der Waals surface area (Å²) >= 11 is 0. The molecular weight excluding hydrogens is 114 g/mol. The van der Waals surface area contributed by atoms with Crippen LogP contribution in [0.5, 0.6) is 0 Å². The molecule has 1 unspecified atom stereocenters. The Balaban J connectivity index is 2.17. The van der Waals surface area contributed by atoms with Crippen molar-refractivity contribution in [1.82, 2.24) is 0 Å². The van der Waals surface area contributed by atoms with E-state index >= 15 is 0 Å². The molecule has 1 aliphatic rings. The third-order valence-electron chi connectivity index (χ3n) is 1.63. The maximum absolute atomic E-state index is 8.31. The summed E-state index contributed by atoms with van der Waals surface area (Å²) < 4.78 is 5.18. The quantitative estimate of drug-likeness (QED) is 0.529. The topological polar surface area (TPSA) is 33.0 Å². The lowest BCUT2D eigenvalue weighted by Crippen LogP contribution is -2.16. The van der Waals surface area contributed by atoms with Gasteiger partial charge in [0.05, 0.1) is 12.7 Å². The summed E-state index contributed by atoms with van der Waals surface area (Å²) in [6.07, 6.45) is 2.97. The normalized spacial score (nSPS) is 27.2. The molecule has 1 rings (SSSR count). The van der Waals surface area contributed by atoms with E-state index in [-0.39, 0.29) is 0 Å². The molecule has 1 fully saturated rings. The Morgan fingerprint density at radius 3 is 3.11 bits per heavy atom. The molecule has 1 atom stereocenters. The fourth-order valence-corrected chi connectivity index (χ4v) is 1.10. The van der Waals surface area contributed by atoms with Gasteiger partial charge in [-0.1, -0.05) is 0 Å². The number of nitrogens with zero attached hydrogens (tertiary/aromatic N) is 1. The number of rotatable bonds is 1. The molecule has 0 bridgehead atoms. The Bertz CT molecular complexity index is 111. The second-order valence-corrected chi connectivity index (χ2v) is 2.45. The van der Waals surface area contributed by atoms with E-state index in [1.807, 2.05) is 0 Å². The summed E-state index contributed by atoms with van der Waals surface area (Å²) in [4.78, 5) is 0. The molecule has 2 nitrogen and oxygen atoms in total. The van der Waals surface area contributed by atoms with Crippen molar-refractivity contribution in [2.75, 3.05) is 13.2 Å². The van der Waals surface area contributed by atoms with Crippen LogP contribution in [0.25, 0.3) is 0 Å². The van der Waals surface area contributed by atoms with Crippen molar-refractivity contribution in [3.8, 4) is 6.07 Å². The summed E-state index contributed by atoms with van der Waals surface area (Å²) in [6, 6.07) is 2.16. The molecule has 1 saturated heterocycles. The maximum Gasteiger partial charge on any atom is 0.0625 e. The molecule has 0 aromatic heterocycles. The zero-order valence-electron chi connectivity index (χ0n) is 5.47. The standard InChI is InChI=1S/C7H11NO/c8-4-3-7-2-1-5-9-6-7/h7H,1-3,5-6H2. The Kier molecular flexibility index (Phi) is 2.53. The van der Waals surface area contributed by atoms with Crippen LogP contribution >= 0.6 is 0 Å². The highest BCUT2D eigenvalue weighted by Crippen LogP contribution is 2.15. The van der Waals surface area contributed by atoms with E-state index in [0.29, 0.717) is 12.3 Å². The van der Waals surface area contributed by atoms with Crippen LogP contribution in [0.1, 0.15) is 19.3 Å². The number of hydrogen-bond donors (Lipinski definition) is 0. The minimum Gasteiger partial charge on any atom is -0.381 e. The average Bonchev–Trinajstić information content (AvgIpc) is 1.91. The van der Waals surface area contributed by atoms with Gasteiger partial charge in [-0.3, -0.25) is 0 Å². The van der Waals surface area contributed by atoms with E-state index in [4.69, 9.17) is 10.00 Å². The molecule has 0 spiro atoms. The van der Waals surface area contributed by atoms with Gasteiger partial charge in [0.15, 0.2) is 0 Å². The first-order chi connectivity index (χ1) is 4.43. The number of nitriles is 1. The van der Waals surface area contributed by atoms with Gasteiger partial charge in [0.25, 0.3) is 0 Å². The molecule has 0 radical (unpaired) electrons. The van der Waals surface area contributed by atoms with E-state index in [1.54, 1.807) is 0 Å². The molecule has 0 amide bonds. The fourth-order valence-electron chi connectivity index (χ4n) is 1.10. The van der Waals surface area contributed by atoms with Crippen LogP contribution in [-0.2, 0) is 4.74 Å². The molecule has 1 aliphatic heterocycles. The first kappa shape index (κ1) is 6.57.